The highest BCUT2D eigenvalue weighted by Crippen LogP contribution is 2.23. The number of benzene rings is 1. The summed E-state index contributed by atoms with van der Waals surface area (Å²) in [6, 6.07) is 6.14. The number of ether oxygens (including phenoxy) is 2. The summed E-state index contributed by atoms with van der Waals surface area (Å²) in [6.45, 7) is 7.62. The molecule has 0 aliphatic carbocycles. The molecule has 1 amide bonds. The van der Waals surface area contributed by atoms with Crippen molar-refractivity contribution in [2.24, 2.45) is 0 Å². The molecule has 1 aromatic carbocycles. The lowest BCUT2D eigenvalue weighted by Gasteiger charge is -2.27. The van der Waals surface area contributed by atoms with Crippen LogP contribution in [0.2, 0.25) is 0 Å². The minimum atomic E-state index is -0.677. The van der Waals surface area contributed by atoms with Gasteiger partial charge in [-0.25, -0.2) is 14.4 Å². The molecule has 0 radical (unpaired) electrons. The van der Waals surface area contributed by atoms with E-state index < -0.39 is 29.3 Å². The van der Waals surface area contributed by atoms with Crippen molar-refractivity contribution >= 4 is 23.0 Å². The minimum Gasteiger partial charge on any atom is -0.459 e. The fraction of sp³-hybridized carbons (Fsp3) is 0.476. The Balaban J connectivity index is 1.73. The molecular weight excluding hydrogens is 362 g/mol. The molecular formula is C21H25NO6. The Morgan fingerprint density at radius 2 is 2.00 bits per heavy atom. The number of aryl methyl sites for hydroxylation is 1. The SMILES string of the molecule is Cc1ccc2c(COC(=O)[C@@H]3CCCN3C(=O)OC(C)(C)C)cc(=O)oc2c1. The molecule has 7 nitrogen and oxygen atoms in total. The number of fused-ring (bicyclic) bond motifs is 1. The Hall–Kier alpha value is -2.83. The number of rotatable bonds is 3. The molecule has 0 N–H and O–H groups in total. The van der Waals surface area contributed by atoms with Crippen LogP contribution in [0.5, 0.6) is 0 Å². The first-order chi connectivity index (χ1) is 13.1. The normalized spacial score (nSPS) is 17.0. The van der Waals surface area contributed by atoms with Crippen LogP contribution in [0.3, 0.4) is 0 Å². The van der Waals surface area contributed by atoms with Crippen LogP contribution in [-0.4, -0.2) is 35.2 Å². The third kappa shape index (κ3) is 4.52. The summed E-state index contributed by atoms with van der Waals surface area (Å²) in [6.07, 6.45) is 0.707. The summed E-state index contributed by atoms with van der Waals surface area (Å²) in [5, 5.41) is 0.716. The Labute approximate surface area is 163 Å². The lowest BCUT2D eigenvalue weighted by molar-refractivity contribution is -0.150. The first kappa shape index (κ1) is 19.9. The van der Waals surface area contributed by atoms with E-state index in [0.717, 1.165) is 5.56 Å². The van der Waals surface area contributed by atoms with Crippen molar-refractivity contribution in [1.82, 2.24) is 4.90 Å². The van der Waals surface area contributed by atoms with Gasteiger partial charge in [0.2, 0.25) is 0 Å². The van der Waals surface area contributed by atoms with Gasteiger partial charge >= 0.3 is 17.7 Å². The maximum atomic E-state index is 12.6. The molecule has 0 saturated carbocycles. The number of likely N-dealkylation sites (tertiary alicyclic amines) is 1. The Morgan fingerprint density at radius 3 is 2.71 bits per heavy atom. The molecule has 1 aliphatic heterocycles. The number of carbonyl (C=O) groups is 2. The van der Waals surface area contributed by atoms with Gasteiger partial charge in [0, 0.05) is 23.6 Å². The second kappa shape index (κ2) is 7.66. The van der Waals surface area contributed by atoms with E-state index in [-0.39, 0.29) is 6.61 Å². The zero-order valence-electron chi connectivity index (χ0n) is 16.6. The van der Waals surface area contributed by atoms with Gasteiger partial charge in [-0.05, 0) is 52.2 Å². The first-order valence-corrected chi connectivity index (χ1v) is 9.34. The molecule has 2 heterocycles. The highest BCUT2D eigenvalue weighted by Gasteiger charge is 2.37. The van der Waals surface area contributed by atoms with Crippen LogP contribution in [-0.2, 0) is 20.9 Å². The minimum absolute atomic E-state index is 0.0668. The maximum absolute atomic E-state index is 12.6. The average molecular weight is 387 g/mol. The number of esters is 1. The molecule has 1 fully saturated rings. The second-order valence-corrected chi connectivity index (χ2v) is 8.03. The van der Waals surface area contributed by atoms with Crippen molar-refractivity contribution in [2.75, 3.05) is 6.54 Å². The number of hydrogen-bond acceptors (Lipinski definition) is 6. The number of hydrogen-bond donors (Lipinski definition) is 0. The zero-order chi connectivity index (χ0) is 20.5. The van der Waals surface area contributed by atoms with Gasteiger partial charge in [0.05, 0.1) is 0 Å². The molecule has 28 heavy (non-hydrogen) atoms. The molecule has 1 saturated heterocycles. The summed E-state index contributed by atoms with van der Waals surface area (Å²) in [4.78, 5) is 38.2. The lowest BCUT2D eigenvalue weighted by Crippen LogP contribution is -2.44. The van der Waals surface area contributed by atoms with Crippen LogP contribution in [0.4, 0.5) is 4.79 Å². The molecule has 0 spiro atoms. The maximum Gasteiger partial charge on any atom is 0.411 e. The molecule has 1 atom stereocenters. The molecule has 7 heteroatoms. The highest BCUT2D eigenvalue weighted by molar-refractivity contribution is 5.83. The predicted molar refractivity (Wildman–Crippen MR) is 103 cm³/mol. The summed E-state index contributed by atoms with van der Waals surface area (Å²) in [5.74, 6) is -0.503. The van der Waals surface area contributed by atoms with E-state index in [1.807, 2.05) is 19.1 Å². The molecule has 0 bridgehead atoms. The van der Waals surface area contributed by atoms with Crippen molar-refractivity contribution in [3.8, 4) is 0 Å². The van der Waals surface area contributed by atoms with Crippen molar-refractivity contribution in [2.45, 2.75) is 58.8 Å². The highest BCUT2D eigenvalue weighted by atomic mass is 16.6. The van der Waals surface area contributed by atoms with Crippen molar-refractivity contribution in [3.05, 3.63) is 45.8 Å². The zero-order valence-corrected chi connectivity index (χ0v) is 16.6. The Bertz CT molecular complexity index is 956. The number of amides is 1. The number of nitrogens with zero attached hydrogens (tertiary/aromatic N) is 1. The van der Waals surface area contributed by atoms with Crippen LogP contribution in [0.25, 0.3) is 11.0 Å². The van der Waals surface area contributed by atoms with Crippen LogP contribution in [0.1, 0.15) is 44.7 Å². The van der Waals surface area contributed by atoms with E-state index in [4.69, 9.17) is 13.9 Å². The standard InChI is InChI=1S/C21H25NO6/c1-13-7-8-15-14(11-18(23)27-17(15)10-13)12-26-19(24)16-6-5-9-22(16)20(25)28-21(2,3)4/h7-8,10-11,16H,5-6,9,12H2,1-4H3/t16-/m0/s1. The molecule has 2 aromatic rings. The van der Waals surface area contributed by atoms with Crippen molar-refractivity contribution in [1.29, 1.82) is 0 Å². The number of carbonyl (C=O) groups excluding carboxylic acids is 2. The van der Waals surface area contributed by atoms with Gasteiger partial charge in [-0.2, -0.15) is 0 Å². The van der Waals surface area contributed by atoms with Crippen LogP contribution in [0.15, 0.2) is 33.5 Å². The van der Waals surface area contributed by atoms with E-state index in [9.17, 15) is 14.4 Å². The fourth-order valence-electron chi connectivity index (χ4n) is 3.25. The van der Waals surface area contributed by atoms with Crippen LogP contribution in [0, 0.1) is 6.92 Å². The van der Waals surface area contributed by atoms with Crippen molar-refractivity contribution in [3.63, 3.8) is 0 Å². The summed E-state index contributed by atoms with van der Waals surface area (Å²) < 4.78 is 16.0. The monoisotopic (exact) mass is 387 g/mol. The topological polar surface area (TPSA) is 86.0 Å². The lowest BCUT2D eigenvalue weighted by atomic mass is 10.1. The Kier molecular flexibility index (Phi) is 5.45. The summed E-state index contributed by atoms with van der Waals surface area (Å²) in [7, 11) is 0. The molecule has 150 valence electrons. The second-order valence-electron chi connectivity index (χ2n) is 8.03. The van der Waals surface area contributed by atoms with Gasteiger partial charge in [-0.1, -0.05) is 12.1 Å². The van der Waals surface area contributed by atoms with Gasteiger partial charge in [0.15, 0.2) is 0 Å². The molecule has 1 aromatic heterocycles. The van der Waals surface area contributed by atoms with Gasteiger partial charge in [-0.15, -0.1) is 0 Å². The van der Waals surface area contributed by atoms with E-state index in [1.54, 1.807) is 26.8 Å². The molecule has 1 aliphatic rings. The fourth-order valence-corrected chi connectivity index (χ4v) is 3.25. The van der Waals surface area contributed by atoms with E-state index in [1.165, 1.54) is 11.0 Å². The van der Waals surface area contributed by atoms with Gasteiger partial charge in [-0.3, -0.25) is 4.90 Å². The van der Waals surface area contributed by atoms with E-state index in [2.05, 4.69) is 0 Å². The van der Waals surface area contributed by atoms with Gasteiger partial charge in [0.1, 0.15) is 23.8 Å². The van der Waals surface area contributed by atoms with Gasteiger partial charge in [0.25, 0.3) is 0 Å². The van der Waals surface area contributed by atoms with E-state index >= 15 is 0 Å². The van der Waals surface area contributed by atoms with Crippen LogP contribution < -0.4 is 5.63 Å². The quantitative estimate of drug-likeness (QED) is 0.591. The van der Waals surface area contributed by atoms with Crippen LogP contribution >= 0.6 is 0 Å². The van der Waals surface area contributed by atoms with Crippen molar-refractivity contribution < 1.29 is 23.5 Å². The first-order valence-electron chi connectivity index (χ1n) is 9.34. The predicted octanol–water partition coefficient (Wildman–Crippen LogP) is 3.54. The third-order valence-corrected chi connectivity index (χ3v) is 4.51. The largest absolute Gasteiger partial charge is 0.459 e. The molecule has 0 unspecified atom stereocenters. The van der Waals surface area contributed by atoms with E-state index in [0.29, 0.717) is 35.9 Å². The summed E-state index contributed by atoms with van der Waals surface area (Å²) >= 11 is 0. The van der Waals surface area contributed by atoms with Gasteiger partial charge < -0.3 is 13.9 Å². The third-order valence-electron chi connectivity index (χ3n) is 4.51. The molecule has 3 rings (SSSR count). The smallest absolute Gasteiger partial charge is 0.411 e. The average Bonchev–Trinajstić information content (AvgIpc) is 3.07. The Morgan fingerprint density at radius 1 is 1.25 bits per heavy atom. The summed E-state index contributed by atoms with van der Waals surface area (Å²) in [5.41, 5.74) is 0.851.